The first-order valence-corrected chi connectivity index (χ1v) is 7.89. The number of hydrogen-bond donors (Lipinski definition) is 0. The van der Waals surface area contributed by atoms with Crippen LogP contribution in [0.25, 0.3) is 0 Å². The van der Waals surface area contributed by atoms with Crippen LogP contribution in [-0.2, 0) is 11.2 Å². The molecular formula is C15H19NOS. The Balaban J connectivity index is 1.82. The summed E-state index contributed by atoms with van der Waals surface area (Å²) < 4.78 is 0. The number of carbonyl (C=O) groups excluding carboxylic acids is 1. The lowest BCUT2D eigenvalue weighted by Gasteiger charge is -2.32. The van der Waals surface area contributed by atoms with Crippen molar-refractivity contribution in [2.45, 2.75) is 30.9 Å². The SMILES string of the molecule is O=C(C1SCCc2ccccc21)N1CCCCC1. The molecule has 1 unspecified atom stereocenters. The van der Waals surface area contributed by atoms with Crippen molar-refractivity contribution >= 4 is 17.7 Å². The Hall–Kier alpha value is -0.960. The van der Waals surface area contributed by atoms with Gasteiger partial charge in [0.15, 0.2) is 0 Å². The average Bonchev–Trinajstić information content (AvgIpc) is 2.47. The molecule has 1 saturated heterocycles. The van der Waals surface area contributed by atoms with Crippen molar-refractivity contribution in [2.24, 2.45) is 0 Å². The molecule has 96 valence electrons. The number of piperidine rings is 1. The molecule has 1 atom stereocenters. The van der Waals surface area contributed by atoms with Gasteiger partial charge in [-0.25, -0.2) is 0 Å². The van der Waals surface area contributed by atoms with Gasteiger partial charge in [-0.15, -0.1) is 11.8 Å². The highest BCUT2D eigenvalue weighted by molar-refractivity contribution is 8.00. The van der Waals surface area contributed by atoms with Gasteiger partial charge in [-0.2, -0.15) is 0 Å². The molecule has 2 aliphatic heterocycles. The summed E-state index contributed by atoms with van der Waals surface area (Å²) in [6.07, 6.45) is 4.72. The summed E-state index contributed by atoms with van der Waals surface area (Å²) >= 11 is 1.82. The average molecular weight is 261 g/mol. The van der Waals surface area contributed by atoms with Crippen LogP contribution in [-0.4, -0.2) is 29.6 Å². The van der Waals surface area contributed by atoms with Gasteiger partial charge in [0.2, 0.25) is 5.91 Å². The Morgan fingerprint density at radius 1 is 1.17 bits per heavy atom. The minimum atomic E-state index is 0.0491. The van der Waals surface area contributed by atoms with E-state index < -0.39 is 0 Å². The maximum atomic E-state index is 12.6. The van der Waals surface area contributed by atoms with Crippen LogP contribution in [0.15, 0.2) is 24.3 Å². The monoisotopic (exact) mass is 261 g/mol. The zero-order valence-corrected chi connectivity index (χ0v) is 11.4. The van der Waals surface area contributed by atoms with Crippen molar-refractivity contribution in [1.82, 2.24) is 4.90 Å². The van der Waals surface area contributed by atoms with E-state index in [2.05, 4.69) is 29.2 Å². The van der Waals surface area contributed by atoms with Gasteiger partial charge >= 0.3 is 0 Å². The van der Waals surface area contributed by atoms with E-state index in [-0.39, 0.29) is 5.25 Å². The number of fused-ring (bicyclic) bond motifs is 1. The number of benzene rings is 1. The lowest BCUT2D eigenvalue weighted by molar-refractivity contribution is -0.131. The van der Waals surface area contributed by atoms with Crippen LogP contribution in [0.4, 0.5) is 0 Å². The van der Waals surface area contributed by atoms with Crippen molar-refractivity contribution in [3.63, 3.8) is 0 Å². The number of rotatable bonds is 1. The summed E-state index contributed by atoms with van der Waals surface area (Å²) in [5, 5.41) is 0.0491. The molecular weight excluding hydrogens is 242 g/mol. The van der Waals surface area contributed by atoms with Gasteiger partial charge in [0.25, 0.3) is 0 Å². The van der Waals surface area contributed by atoms with E-state index in [9.17, 15) is 4.79 Å². The van der Waals surface area contributed by atoms with Crippen LogP contribution in [0.1, 0.15) is 35.6 Å². The molecule has 0 aliphatic carbocycles. The number of aryl methyl sites for hydroxylation is 1. The molecule has 1 aromatic rings. The van der Waals surface area contributed by atoms with Crippen molar-refractivity contribution in [3.05, 3.63) is 35.4 Å². The van der Waals surface area contributed by atoms with E-state index in [4.69, 9.17) is 0 Å². The van der Waals surface area contributed by atoms with Crippen LogP contribution in [0, 0.1) is 0 Å². The number of amides is 1. The molecule has 18 heavy (non-hydrogen) atoms. The minimum Gasteiger partial charge on any atom is -0.341 e. The van der Waals surface area contributed by atoms with Gasteiger partial charge in [-0.05, 0) is 42.6 Å². The van der Waals surface area contributed by atoms with E-state index >= 15 is 0 Å². The fourth-order valence-electron chi connectivity index (χ4n) is 2.88. The van der Waals surface area contributed by atoms with Gasteiger partial charge in [0.05, 0.1) is 0 Å². The Morgan fingerprint density at radius 2 is 1.94 bits per heavy atom. The van der Waals surface area contributed by atoms with E-state index in [0.29, 0.717) is 5.91 Å². The van der Waals surface area contributed by atoms with Gasteiger partial charge in [-0.1, -0.05) is 24.3 Å². The number of nitrogens with zero attached hydrogens (tertiary/aromatic N) is 1. The summed E-state index contributed by atoms with van der Waals surface area (Å²) in [6.45, 7) is 1.91. The Bertz CT molecular complexity index is 440. The van der Waals surface area contributed by atoms with Crippen LogP contribution in [0.5, 0.6) is 0 Å². The lowest BCUT2D eigenvalue weighted by Crippen LogP contribution is -2.39. The molecule has 3 heteroatoms. The first-order chi connectivity index (χ1) is 8.86. The summed E-state index contributed by atoms with van der Waals surface area (Å²) in [5.41, 5.74) is 2.62. The second kappa shape index (κ2) is 5.35. The first kappa shape index (κ1) is 12.1. The third-order valence-corrected chi connectivity index (χ3v) is 5.11. The smallest absolute Gasteiger partial charge is 0.240 e. The van der Waals surface area contributed by atoms with Gasteiger partial charge in [0, 0.05) is 13.1 Å². The van der Waals surface area contributed by atoms with E-state index in [1.54, 1.807) is 0 Å². The Labute approximate surface area is 113 Å². The predicted molar refractivity (Wildman–Crippen MR) is 75.8 cm³/mol. The van der Waals surface area contributed by atoms with Crippen molar-refractivity contribution in [2.75, 3.05) is 18.8 Å². The Morgan fingerprint density at radius 3 is 2.78 bits per heavy atom. The molecule has 0 saturated carbocycles. The molecule has 0 radical (unpaired) electrons. The number of hydrogen-bond acceptors (Lipinski definition) is 2. The standard InChI is InChI=1S/C15H19NOS/c17-15(16-9-4-1-5-10-16)14-13-7-3-2-6-12(13)8-11-18-14/h2-3,6-7,14H,1,4-5,8-11H2. The lowest BCUT2D eigenvalue weighted by atomic mass is 10.00. The second-order valence-corrected chi connectivity index (χ2v) is 6.30. The summed E-state index contributed by atoms with van der Waals surface area (Å²) in [6, 6.07) is 8.44. The zero-order chi connectivity index (χ0) is 12.4. The molecule has 1 aromatic carbocycles. The number of likely N-dealkylation sites (tertiary alicyclic amines) is 1. The molecule has 0 aromatic heterocycles. The fourth-order valence-corrected chi connectivity index (χ4v) is 4.15. The summed E-state index contributed by atoms with van der Waals surface area (Å²) in [4.78, 5) is 14.7. The highest BCUT2D eigenvalue weighted by Gasteiger charge is 2.30. The molecule has 0 spiro atoms. The largest absolute Gasteiger partial charge is 0.341 e. The highest BCUT2D eigenvalue weighted by Crippen LogP contribution is 2.38. The van der Waals surface area contributed by atoms with Gasteiger partial charge in [-0.3, -0.25) is 4.79 Å². The topological polar surface area (TPSA) is 20.3 Å². The van der Waals surface area contributed by atoms with Crippen molar-refractivity contribution in [1.29, 1.82) is 0 Å². The second-order valence-electron chi connectivity index (χ2n) is 5.09. The summed E-state index contributed by atoms with van der Waals surface area (Å²) in [5.74, 6) is 1.41. The molecule has 2 nitrogen and oxygen atoms in total. The van der Waals surface area contributed by atoms with E-state index in [1.165, 1.54) is 30.4 Å². The molecule has 0 bridgehead atoms. The highest BCUT2D eigenvalue weighted by atomic mass is 32.2. The minimum absolute atomic E-state index is 0.0491. The normalized spacial score (nSPS) is 23.6. The number of thioether (sulfide) groups is 1. The first-order valence-electron chi connectivity index (χ1n) is 6.84. The molecule has 2 heterocycles. The number of carbonyl (C=O) groups is 1. The molecule has 1 amide bonds. The van der Waals surface area contributed by atoms with Crippen molar-refractivity contribution in [3.8, 4) is 0 Å². The van der Waals surface area contributed by atoms with E-state index in [0.717, 1.165) is 25.3 Å². The summed E-state index contributed by atoms with van der Waals surface area (Å²) in [7, 11) is 0. The van der Waals surface area contributed by atoms with Crippen LogP contribution in [0.2, 0.25) is 0 Å². The van der Waals surface area contributed by atoms with E-state index in [1.807, 2.05) is 11.8 Å². The fraction of sp³-hybridized carbons (Fsp3) is 0.533. The molecule has 0 N–H and O–H groups in total. The molecule has 2 aliphatic rings. The molecule has 1 fully saturated rings. The van der Waals surface area contributed by atoms with Gasteiger partial charge in [0.1, 0.15) is 5.25 Å². The van der Waals surface area contributed by atoms with Crippen LogP contribution >= 0.6 is 11.8 Å². The van der Waals surface area contributed by atoms with Crippen LogP contribution < -0.4 is 0 Å². The third kappa shape index (κ3) is 2.28. The third-order valence-electron chi connectivity index (χ3n) is 3.89. The maximum absolute atomic E-state index is 12.6. The zero-order valence-electron chi connectivity index (χ0n) is 10.6. The quantitative estimate of drug-likeness (QED) is 0.774. The maximum Gasteiger partial charge on any atom is 0.240 e. The van der Waals surface area contributed by atoms with Gasteiger partial charge < -0.3 is 4.90 Å². The van der Waals surface area contributed by atoms with Crippen molar-refractivity contribution < 1.29 is 4.79 Å². The van der Waals surface area contributed by atoms with Crippen LogP contribution in [0.3, 0.4) is 0 Å². The Kier molecular flexibility index (Phi) is 3.59. The predicted octanol–water partition coefficient (Wildman–Crippen LogP) is 3.03. The molecule has 3 rings (SSSR count).